The van der Waals surface area contributed by atoms with Crippen molar-refractivity contribution in [3.63, 3.8) is 0 Å². The zero-order chi connectivity index (χ0) is 13.9. The molecule has 19 heavy (non-hydrogen) atoms. The Kier molecular flexibility index (Phi) is 5.07. The Balaban J connectivity index is 1.99. The van der Waals surface area contributed by atoms with E-state index in [9.17, 15) is 8.42 Å². The molecule has 2 atom stereocenters. The van der Waals surface area contributed by atoms with Gasteiger partial charge in [0.2, 0.25) is 0 Å². The van der Waals surface area contributed by atoms with Gasteiger partial charge >= 0.3 is 0 Å². The zero-order valence-corrected chi connectivity index (χ0v) is 13.1. The van der Waals surface area contributed by atoms with Crippen LogP contribution in [0.25, 0.3) is 0 Å². The quantitative estimate of drug-likeness (QED) is 0.811. The second-order valence-electron chi connectivity index (χ2n) is 6.28. The van der Waals surface area contributed by atoms with Crippen molar-refractivity contribution in [2.45, 2.75) is 69.6 Å². The van der Waals surface area contributed by atoms with Crippen LogP contribution < -0.4 is 5.32 Å². The fraction of sp³-hybridized carbons (Fsp3) is 0.867. The summed E-state index contributed by atoms with van der Waals surface area (Å²) < 4.78 is 23.4. The van der Waals surface area contributed by atoms with E-state index in [1.807, 2.05) is 0 Å². The maximum absolute atomic E-state index is 11.7. The number of rotatable bonds is 3. The summed E-state index contributed by atoms with van der Waals surface area (Å²) in [5.74, 6) is 0. The van der Waals surface area contributed by atoms with Gasteiger partial charge in [-0.2, -0.15) is 0 Å². The predicted octanol–water partition coefficient (Wildman–Crippen LogP) is 2.82. The summed E-state index contributed by atoms with van der Waals surface area (Å²) in [4.78, 5) is 0. The number of piperidine rings is 1. The molecule has 3 nitrogen and oxygen atoms in total. The molecule has 2 fully saturated rings. The summed E-state index contributed by atoms with van der Waals surface area (Å²) in [6.07, 6.45) is 10.1. The molecule has 0 spiro atoms. The molecule has 110 valence electrons. The van der Waals surface area contributed by atoms with Crippen molar-refractivity contribution < 1.29 is 8.42 Å². The van der Waals surface area contributed by atoms with Gasteiger partial charge in [0.25, 0.3) is 0 Å². The molecule has 1 saturated carbocycles. The lowest BCUT2D eigenvalue weighted by Crippen LogP contribution is -2.34. The first kappa shape index (κ1) is 15.0. The second kappa shape index (κ2) is 6.40. The highest BCUT2D eigenvalue weighted by molar-refractivity contribution is 7.91. The maximum atomic E-state index is 11.7. The zero-order valence-electron chi connectivity index (χ0n) is 12.2. The SMILES string of the molecule is CC(CC1CCCCN1)=C1CCCC(S(C)(=O)=O)C1. The number of allylic oxidation sites excluding steroid dienone is 1. The molecule has 0 aromatic rings. The first-order chi connectivity index (χ1) is 8.97. The van der Waals surface area contributed by atoms with E-state index in [1.54, 1.807) is 0 Å². The van der Waals surface area contributed by atoms with E-state index in [-0.39, 0.29) is 5.25 Å². The van der Waals surface area contributed by atoms with Gasteiger partial charge < -0.3 is 5.32 Å². The van der Waals surface area contributed by atoms with E-state index < -0.39 is 9.84 Å². The fourth-order valence-electron chi connectivity index (χ4n) is 3.39. The van der Waals surface area contributed by atoms with Crippen LogP contribution >= 0.6 is 0 Å². The van der Waals surface area contributed by atoms with Crippen LogP contribution in [0.1, 0.15) is 58.3 Å². The van der Waals surface area contributed by atoms with E-state index in [1.165, 1.54) is 36.7 Å². The van der Waals surface area contributed by atoms with Crippen LogP contribution in [-0.4, -0.2) is 32.5 Å². The van der Waals surface area contributed by atoms with Gasteiger partial charge in [-0.25, -0.2) is 8.42 Å². The molecule has 1 heterocycles. The van der Waals surface area contributed by atoms with Crippen LogP contribution in [0.2, 0.25) is 0 Å². The minimum Gasteiger partial charge on any atom is -0.314 e. The standard InChI is InChI=1S/C15H27NO2S/c1-12(10-14-7-3-4-9-16-14)13-6-5-8-15(11-13)19(2,17)18/h14-16H,3-11H2,1-2H3. The van der Waals surface area contributed by atoms with Gasteiger partial charge in [-0.1, -0.05) is 17.6 Å². The highest BCUT2D eigenvalue weighted by atomic mass is 32.2. The Labute approximate surface area is 117 Å². The molecule has 0 radical (unpaired) electrons. The van der Waals surface area contributed by atoms with Crippen molar-refractivity contribution in [2.75, 3.05) is 12.8 Å². The molecular weight excluding hydrogens is 258 g/mol. The largest absolute Gasteiger partial charge is 0.314 e. The van der Waals surface area contributed by atoms with Crippen molar-refractivity contribution in [1.82, 2.24) is 5.32 Å². The molecule has 0 bridgehead atoms. The Hall–Kier alpha value is -0.350. The predicted molar refractivity (Wildman–Crippen MR) is 80.1 cm³/mol. The monoisotopic (exact) mass is 285 g/mol. The van der Waals surface area contributed by atoms with Crippen molar-refractivity contribution in [3.05, 3.63) is 11.1 Å². The lowest BCUT2D eigenvalue weighted by Gasteiger charge is -2.28. The molecule has 1 aliphatic heterocycles. The second-order valence-corrected chi connectivity index (χ2v) is 8.61. The van der Waals surface area contributed by atoms with Gasteiger partial charge in [0.1, 0.15) is 0 Å². The summed E-state index contributed by atoms with van der Waals surface area (Å²) in [6, 6.07) is 0.611. The number of nitrogens with one attached hydrogen (secondary N) is 1. The number of hydrogen-bond donors (Lipinski definition) is 1. The topological polar surface area (TPSA) is 46.2 Å². The summed E-state index contributed by atoms with van der Waals surface area (Å²) in [7, 11) is -2.88. The van der Waals surface area contributed by atoms with Gasteiger partial charge in [-0.15, -0.1) is 0 Å². The van der Waals surface area contributed by atoms with E-state index in [2.05, 4.69) is 12.2 Å². The Morgan fingerprint density at radius 1 is 1.26 bits per heavy atom. The van der Waals surface area contributed by atoms with Gasteiger partial charge in [-0.3, -0.25) is 0 Å². The summed E-state index contributed by atoms with van der Waals surface area (Å²) in [5.41, 5.74) is 2.85. The normalized spacial score (nSPS) is 32.1. The van der Waals surface area contributed by atoms with Crippen LogP contribution in [0.15, 0.2) is 11.1 Å². The third kappa shape index (κ3) is 4.32. The average molecular weight is 285 g/mol. The summed E-state index contributed by atoms with van der Waals surface area (Å²) >= 11 is 0. The molecule has 1 N–H and O–H groups in total. The highest BCUT2D eigenvalue weighted by Gasteiger charge is 2.26. The van der Waals surface area contributed by atoms with E-state index in [4.69, 9.17) is 0 Å². The molecule has 1 aliphatic carbocycles. The van der Waals surface area contributed by atoms with Crippen molar-refractivity contribution in [3.8, 4) is 0 Å². The van der Waals surface area contributed by atoms with Crippen LogP contribution in [0.3, 0.4) is 0 Å². The fourth-order valence-corrected chi connectivity index (χ4v) is 4.49. The molecule has 2 rings (SSSR count). The first-order valence-electron chi connectivity index (χ1n) is 7.56. The lowest BCUT2D eigenvalue weighted by molar-refractivity contribution is 0.396. The van der Waals surface area contributed by atoms with E-state index in [0.29, 0.717) is 6.04 Å². The minimum atomic E-state index is -2.88. The Bertz CT molecular complexity index is 433. The Morgan fingerprint density at radius 3 is 2.68 bits per heavy atom. The summed E-state index contributed by atoms with van der Waals surface area (Å²) in [5, 5.41) is 3.44. The molecule has 0 amide bonds. The third-order valence-electron chi connectivity index (χ3n) is 4.65. The minimum absolute atomic E-state index is 0.134. The van der Waals surface area contributed by atoms with Crippen molar-refractivity contribution >= 4 is 9.84 Å². The average Bonchev–Trinajstić information content (AvgIpc) is 2.39. The van der Waals surface area contributed by atoms with Crippen LogP contribution in [0.5, 0.6) is 0 Å². The Morgan fingerprint density at radius 2 is 2.05 bits per heavy atom. The van der Waals surface area contributed by atoms with Gasteiger partial charge in [-0.05, 0) is 58.4 Å². The maximum Gasteiger partial charge on any atom is 0.150 e. The van der Waals surface area contributed by atoms with Crippen molar-refractivity contribution in [1.29, 1.82) is 0 Å². The first-order valence-corrected chi connectivity index (χ1v) is 9.52. The molecule has 0 aromatic carbocycles. The van der Waals surface area contributed by atoms with Crippen molar-refractivity contribution in [2.24, 2.45) is 0 Å². The third-order valence-corrected chi connectivity index (χ3v) is 6.27. The number of hydrogen-bond acceptors (Lipinski definition) is 3. The molecule has 4 heteroatoms. The molecule has 2 aliphatic rings. The van der Waals surface area contributed by atoms with E-state index in [0.717, 1.165) is 38.6 Å². The summed E-state index contributed by atoms with van der Waals surface area (Å²) in [6.45, 7) is 3.34. The van der Waals surface area contributed by atoms with Crippen LogP contribution in [-0.2, 0) is 9.84 Å². The van der Waals surface area contributed by atoms with Gasteiger partial charge in [0.15, 0.2) is 9.84 Å². The lowest BCUT2D eigenvalue weighted by atomic mass is 9.88. The highest BCUT2D eigenvalue weighted by Crippen LogP contribution is 2.31. The van der Waals surface area contributed by atoms with Crippen LogP contribution in [0.4, 0.5) is 0 Å². The molecular formula is C15H27NO2S. The number of sulfone groups is 1. The van der Waals surface area contributed by atoms with Gasteiger partial charge in [0, 0.05) is 12.3 Å². The van der Waals surface area contributed by atoms with Gasteiger partial charge in [0.05, 0.1) is 5.25 Å². The smallest absolute Gasteiger partial charge is 0.150 e. The van der Waals surface area contributed by atoms with E-state index >= 15 is 0 Å². The molecule has 0 aromatic heterocycles. The van der Waals surface area contributed by atoms with Crippen LogP contribution in [0, 0.1) is 0 Å². The molecule has 1 saturated heterocycles. The molecule has 2 unspecified atom stereocenters.